The monoisotopic (exact) mass is 470 g/mol. The summed E-state index contributed by atoms with van der Waals surface area (Å²) in [5.41, 5.74) is 1.40. The van der Waals surface area contributed by atoms with Crippen molar-refractivity contribution in [2.24, 2.45) is 0 Å². The second-order valence-electron chi connectivity index (χ2n) is 8.83. The summed E-state index contributed by atoms with van der Waals surface area (Å²) >= 11 is 0. The molecule has 4 amide bonds. The molecule has 0 saturated carbocycles. The molecular weight excluding hydrogens is 440 g/mol. The van der Waals surface area contributed by atoms with Crippen LogP contribution in [0.3, 0.4) is 0 Å². The largest absolute Gasteiger partial charge is 0.466 e. The Bertz CT molecular complexity index is 1000. The van der Waals surface area contributed by atoms with Crippen LogP contribution in [0.25, 0.3) is 0 Å². The van der Waals surface area contributed by atoms with E-state index in [1.54, 1.807) is 12.1 Å². The second kappa shape index (κ2) is 10.3. The van der Waals surface area contributed by atoms with Crippen molar-refractivity contribution in [1.82, 2.24) is 15.1 Å². The zero-order valence-electron chi connectivity index (χ0n) is 19.4. The molecule has 34 heavy (non-hydrogen) atoms. The Labute approximate surface area is 198 Å². The number of amides is 4. The number of rotatable bonds is 8. The number of benzene rings is 1. The van der Waals surface area contributed by atoms with Gasteiger partial charge in [-0.3, -0.25) is 39.1 Å². The van der Waals surface area contributed by atoms with E-state index in [1.165, 1.54) is 0 Å². The highest BCUT2D eigenvalue weighted by Gasteiger charge is 2.44. The summed E-state index contributed by atoms with van der Waals surface area (Å²) in [5, 5.41) is 2.21. The lowest BCUT2D eigenvalue weighted by Gasteiger charge is -2.36. The number of fused-ring (bicyclic) bond motifs is 1. The summed E-state index contributed by atoms with van der Waals surface area (Å²) in [6.45, 7) is 6.17. The summed E-state index contributed by atoms with van der Waals surface area (Å²) in [7, 11) is 0. The van der Waals surface area contributed by atoms with Crippen molar-refractivity contribution in [3.05, 3.63) is 29.3 Å². The first-order chi connectivity index (χ1) is 16.4. The highest BCUT2D eigenvalue weighted by atomic mass is 16.5. The molecular formula is C24H30N4O6. The quantitative estimate of drug-likeness (QED) is 0.339. The lowest BCUT2D eigenvalue weighted by Crippen LogP contribution is -2.54. The average Bonchev–Trinajstić information content (AvgIpc) is 3.08. The van der Waals surface area contributed by atoms with Crippen LogP contribution in [0, 0.1) is 0 Å². The zero-order valence-corrected chi connectivity index (χ0v) is 19.4. The molecule has 0 aliphatic carbocycles. The van der Waals surface area contributed by atoms with Gasteiger partial charge in [0.2, 0.25) is 11.8 Å². The van der Waals surface area contributed by atoms with E-state index in [4.69, 9.17) is 4.74 Å². The standard InChI is InChI=1S/C24H30N4O6/c1-2-3-14-34-21(30)8-9-26-10-12-27(13-11-26)16-4-5-17-18(15-16)24(33)28(23(17)32)19-6-7-20(29)25-22(19)31/h4-5,15,19H,2-3,6-14H2,1H3,(H,25,29,31). The molecule has 2 saturated heterocycles. The lowest BCUT2D eigenvalue weighted by molar-refractivity contribution is -0.144. The maximum absolute atomic E-state index is 13.0. The molecule has 2 fully saturated rings. The van der Waals surface area contributed by atoms with Crippen molar-refractivity contribution < 1.29 is 28.7 Å². The molecule has 1 N–H and O–H groups in total. The summed E-state index contributed by atoms with van der Waals surface area (Å²) < 4.78 is 5.21. The van der Waals surface area contributed by atoms with Gasteiger partial charge in [0.1, 0.15) is 6.04 Å². The van der Waals surface area contributed by atoms with Gasteiger partial charge in [0.05, 0.1) is 24.2 Å². The molecule has 182 valence electrons. The van der Waals surface area contributed by atoms with E-state index >= 15 is 0 Å². The van der Waals surface area contributed by atoms with Crippen LogP contribution in [-0.2, 0) is 19.1 Å². The normalized spacial score (nSPS) is 21.0. The summed E-state index contributed by atoms with van der Waals surface area (Å²) in [6.07, 6.45) is 2.47. The lowest BCUT2D eigenvalue weighted by atomic mass is 10.0. The fourth-order valence-electron chi connectivity index (χ4n) is 4.54. The Kier molecular flexibility index (Phi) is 7.26. The van der Waals surface area contributed by atoms with Crippen molar-refractivity contribution in [2.45, 2.75) is 45.1 Å². The second-order valence-corrected chi connectivity index (χ2v) is 8.83. The number of carbonyl (C=O) groups excluding carboxylic acids is 5. The minimum Gasteiger partial charge on any atom is -0.466 e. The Morgan fingerprint density at radius 1 is 1.06 bits per heavy atom. The molecule has 10 nitrogen and oxygen atoms in total. The molecule has 3 aliphatic heterocycles. The Morgan fingerprint density at radius 2 is 1.79 bits per heavy atom. The van der Waals surface area contributed by atoms with Crippen LogP contribution in [0.5, 0.6) is 0 Å². The number of hydrogen-bond acceptors (Lipinski definition) is 8. The number of anilines is 1. The number of piperidine rings is 1. The molecule has 0 aromatic heterocycles. The van der Waals surface area contributed by atoms with E-state index in [2.05, 4.69) is 22.0 Å². The van der Waals surface area contributed by atoms with Gasteiger partial charge in [0.15, 0.2) is 0 Å². The number of esters is 1. The maximum atomic E-state index is 13.0. The molecule has 1 atom stereocenters. The fraction of sp³-hybridized carbons (Fsp3) is 0.542. The Hall–Kier alpha value is -3.27. The van der Waals surface area contributed by atoms with Gasteiger partial charge in [0.25, 0.3) is 11.8 Å². The molecule has 0 radical (unpaired) electrons. The van der Waals surface area contributed by atoms with Crippen LogP contribution in [0.4, 0.5) is 5.69 Å². The number of imide groups is 2. The third kappa shape index (κ3) is 4.96. The van der Waals surface area contributed by atoms with Crippen LogP contribution < -0.4 is 10.2 Å². The molecule has 0 bridgehead atoms. The van der Waals surface area contributed by atoms with Gasteiger partial charge >= 0.3 is 5.97 Å². The third-order valence-electron chi connectivity index (χ3n) is 6.55. The molecule has 1 unspecified atom stereocenters. The van der Waals surface area contributed by atoms with Crippen molar-refractivity contribution in [3.8, 4) is 0 Å². The number of piperazine rings is 1. The Morgan fingerprint density at radius 3 is 2.50 bits per heavy atom. The number of hydrogen-bond donors (Lipinski definition) is 1. The minimum absolute atomic E-state index is 0.0931. The van der Waals surface area contributed by atoms with Gasteiger partial charge in [-0.15, -0.1) is 0 Å². The van der Waals surface area contributed by atoms with Crippen LogP contribution in [0.15, 0.2) is 18.2 Å². The van der Waals surface area contributed by atoms with E-state index in [9.17, 15) is 24.0 Å². The molecule has 1 aromatic rings. The van der Waals surface area contributed by atoms with Gasteiger partial charge in [-0.2, -0.15) is 0 Å². The van der Waals surface area contributed by atoms with E-state index in [0.717, 1.165) is 49.6 Å². The van der Waals surface area contributed by atoms with Gasteiger partial charge in [-0.25, -0.2) is 0 Å². The number of carbonyl (C=O) groups is 5. The molecule has 3 aliphatic rings. The zero-order chi connectivity index (χ0) is 24.2. The number of unbranched alkanes of at least 4 members (excludes halogenated alkanes) is 1. The first-order valence-electron chi connectivity index (χ1n) is 11.9. The molecule has 4 rings (SSSR count). The van der Waals surface area contributed by atoms with Crippen molar-refractivity contribution in [3.63, 3.8) is 0 Å². The van der Waals surface area contributed by atoms with Crippen molar-refractivity contribution >= 4 is 35.3 Å². The fourth-order valence-corrected chi connectivity index (χ4v) is 4.54. The van der Waals surface area contributed by atoms with Gasteiger partial charge in [0, 0.05) is 44.8 Å². The summed E-state index contributed by atoms with van der Waals surface area (Å²) in [4.78, 5) is 66.7. The molecule has 1 aromatic carbocycles. The maximum Gasteiger partial charge on any atom is 0.307 e. The van der Waals surface area contributed by atoms with Crippen LogP contribution in [0.1, 0.15) is 59.7 Å². The minimum atomic E-state index is -0.967. The Balaban J connectivity index is 1.34. The SMILES string of the molecule is CCCCOC(=O)CCN1CCN(c2ccc3c(c2)C(=O)N(C2CCC(=O)NC2=O)C3=O)CC1. The van der Waals surface area contributed by atoms with E-state index in [-0.39, 0.29) is 29.9 Å². The van der Waals surface area contributed by atoms with Crippen LogP contribution >= 0.6 is 0 Å². The van der Waals surface area contributed by atoms with Gasteiger partial charge < -0.3 is 9.64 Å². The van der Waals surface area contributed by atoms with E-state index in [1.807, 2.05) is 6.07 Å². The van der Waals surface area contributed by atoms with Gasteiger partial charge in [-0.05, 0) is 31.0 Å². The smallest absolute Gasteiger partial charge is 0.307 e. The van der Waals surface area contributed by atoms with Crippen LogP contribution in [0.2, 0.25) is 0 Å². The molecule has 3 heterocycles. The summed E-state index contributed by atoms with van der Waals surface area (Å²) in [6, 6.07) is 4.20. The first-order valence-corrected chi connectivity index (χ1v) is 11.9. The molecule has 10 heteroatoms. The van der Waals surface area contributed by atoms with Crippen LogP contribution in [-0.4, -0.2) is 84.8 Å². The van der Waals surface area contributed by atoms with Crippen molar-refractivity contribution in [1.29, 1.82) is 0 Å². The van der Waals surface area contributed by atoms with E-state index < -0.39 is 29.7 Å². The van der Waals surface area contributed by atoms with E-state index in [0.29, 0.717) is 19.6 Å². The predicted octanol–water partition coefficient (Wildman–Crippen LogP) is 0.943. The molecule has 0 spiro atoms. The highest BCUT2D eigenvalue weighted by molar-refractivity contribution is 6.23. The third-order valence-corrected chi connectivity index (χ3v) is 6.55. The average molecular weight is 471 g/mol. The number of ether oxygens (including phenoxy) is 1. The van der Waals surface area contributed by atoms with Gasteiger partial charge in [-0.1, -0.05) is 13.3 Å². The summed E-state index contributed by atoms with van der Waals surface area (Å²) in [5.74, 6) is -2.18. The van der Waals surface area contributed by atoms with Crippen molar-refractivity contribution in [2.75, 3.05) is 44.2 Å². The number of nitrogens with zero attached hydrogens (tertiary/aromatic N) is 3. The first kappa shape index (κ1) is 23.9. The topological polar surface area (TPSA) is 116 Å². The highest BCUT2D eigenvalue weighted by Crippen LogP contribution is 2.31. The predicted molar refractivity (Wildman–Crippen MR) is 122 cm³/mol. The number of nitrogens with one attached hydrogen (secondary N) is 1.